The van der Waals surface area contributed by atoms with Crippen LogP contribution in [0.5, 0.6) is 0 Å². The molecule has 1 N–H and O–H groups in total. The molecule has 2 aliphatic heterocycles. The van der Waals surface area contributed by atoms with Gasteiger partial charge >= 0.3 is 5.63 Å². The van der Waals surface area contributed by atoms with Crippen molar-refractivity contribution >= 4 is 18.3 Å². The summed E-state index contributed by atoms with van der Waals surface area (Å²) in [6.45, 7) is 4.93. The highest BCUT2D eigenvalue weighted by Gasteiger charge is 2.26. The van der Waals surface area contributed by atoms with E-state index in [0.29, 0.717) is 18.8 Å². The summed E-state index contributed by atoms with van der Waals surface area (Å²) in [6.07, 6.45) is 3.71. The van der Waals surface area contributed by atoms with Crippen LogP contribution in [0, 0.1) is 6.92 Å². The Balaban J connectivity index is 0.00000225. The minimum Gasteiger partial charge on any atom is -0.427 e. The minimum atomic E-state index is -0.498. The average Bonchev–Trinajstić information content (AvgIpc) is 2.91. The maximum absolute atomic E-state index is 13.1. The second kappa shape index (κ2) is 8.93. The van der Waals surface area contributed by atoms with Gasteiger partial charge in [-0.2, -0.15) is 0 Å². The lowest BCUT2D eigenvalue weighted by Crippen LogP contribution is -2.37. The van der Waals surface area contributed by atoms with E-state index in [1.807, 2.05) is 25.1 Å². The summed E-state index contributed by atoms with van der Waals surface area (Å²) < 4.78 is 5.59. The predicted molar refractivity (Wildman–Crippen MR) is 112 cm³/mol. The highest BCUT2D eigenvalue weighted by atomic mass is 35.5. The first-order chi connectivity index (χ1) is 13.1. The Labute approximate surface area is 171 Å². The van der Waals surface area contributed by atoms with Crippen LogP contribution in [0.2, 0.25) is 0 Å². The molecule has 150 valence electrons. The minimum absolute atomic E-state index is 0. The second-order valence-electron chi connectivity index (χ2n) is 7.60. The standard InChI is InChI=1S/C22H26N2O3.ClH/c1-15-13-19(18-7-4-10-23-14-18)27-22(26)20(15)21(25)24-11-8-16-5-2-3-6-17(16)9-12-24;/h2-3,5-6,13,18,23H,4,7-12,14H2,1H3;1H. The van der Waals surface area contributed by atoms with Gasteiger partial charge in [-0.25, -0.2) is 4.79 Å². The first kappa shape index (κ1) is 20.6. The number of nitrogens with zero attached hydrogens (tertiary/aromatic N) is 1. The van der Waals surface area contributed by atoms with Crippen molar-refractivity contribution in [2.24, 2.45) is 0 Å². The zero-order chi connectivity index (χ0) is 18.8. The molecule has 0 saturated carbocycles. The molecule has 0 aliphatic carbocycles. The monoisotopic (exact) mass is 402 g/mol. The number of carbonyl (C=O) groups excluding carboxylic acids is 1. The molecule has 0 radical (unpaired) electrons. The number of rotatable bonds is 2. The highest BCUT2D eigenvalue weighted by Crippen LogP contribution is 2.24. The van der Waals surface area contributed by atoms with Gasteiger partial charge in [0, 0.05) is 25.6 Å². The van der Waals surface area contributed by atoms with Crippen LogP contribution in [0.25, 0.3) is 0 Å². The summed E-state index contributed by atoms with van der Waals surface area (Å²) in [5.74, 6) is 0.703. The van der Waals surface area contributed by atoms with Gasteiger partial charge in [0.05, 0.1) is 0 Å². The number of benzene rings is 1. The van der Waals surface area contributed by atoms with Gasteiger partial charge in [-0.15, -0.1) is 12.4 Å². The number of fused-ring (bicyclic) bond motifs is 1. The molecule has 2 aliphatic rings. The van der Waals surface area contributed by atoms with Crippen LogP contribution in [-0.2, 0) is 12.8 Å². The molecule has 1 aromatic carbocycles. The lowest BCUT2D eigenvalue weighted by molar-refractivity contribution is 0.0757. The van der Waals surface area contributed by atoms with Gasteiger partial charge in [0.25, 0.3) is 5.91 Å². The first-order valence-corrected chi connectivity index (χ1v) is 9.85. The SMILES string of the molecule is Cc1cc(C2CCCNC2)oc(=O)c1C(=O)N1CCc2ccccc2CC1.Cl. The van der Waals surface area contributed by atoms with E-state index in [-0.39, 0.29) is 29.8 Å². The fourth-order valence-corrected chi connectivity index (χ4v) is 4.22. The Morgan fingerprint density at radius 2 is 1.86 bits per heavy atom. The molecule has 1 atom stereocenters. The van der Waals surface area contributed by atoms with Crippen molar-refractivity contribution in [1.82, 2.24) is 10.2 Å². The van der Waals surface area contributed by atoms with Gasteiger partial charge in [0.1, 0.15) is 11.3 Å². The quantitative estimate of drug-likeness (QED) is 0.838. The number of halogens is 1. The van der Waals surface area contributed by atoms with Gasteiger partial charge in [-0.3, -0.25) is 4.79 Å². The van der Waals surface area contributed by atoms with Gasteiger partial charge in [-0.1, -0.05) is 24.3 Å². The van der Waals surface area contributed by atoms with E-state index in [0.717, 1.165) is 44.3 Å². The molecule has 28 heavy (non-hydrogen) atoms. The molecule has 1 saturated heterocycles. The summed E-state index contributed by atoms with van der Waals surface area (Å²) in [7, 11) is 0. The van der Waals surface area contributed by atoms with Crippen LogP contribution < -0.4 is 10.9 Å². The topological polar surface area (TPSA) is 62.6 Å². The van der Waals surface area contributed by atoms with E-state index in [1.54, 1.807) is 4.90 Å². The Morgan fingerprint density at radius 3 is 2.43 bits per heavy atom. The summed E-state index contributed by atoms with van der Waals surface area (Å²) in [6, 6.07) is 10.2. The molecule has 1 aromatic heterocycles. The van der Waals surface area contributed by atoms with E-state index in [9.17, 15) is 9.59 Å². The third kappa shape index (κ3) is 4.15. The highest BCUT2D eigenvalue weighted by molar-refractivity contribution is 5.95. The molecule has 0 bridgehead atoms. The van der Waals surface area contributed by atoms with Crippen molar-refractivity contribution < 1.29 is 9.21 Å². The third-order valence-electron chi connectivity index (χ3n) is 5.79. The van der Waals surface area contributed by atoms with E-state index >= 15 is 0 Å². The Kier molecular flexibility index (Phi) is 6.57. The molecule has 2 aromatic rings. The molecule has 0 spiro atoms. The normalized spacial score (nSPS) is 19.3. The fourth-order valence-electron chi connectivity index (χ4n) is 4.22. The predicted octanol–water partition coefficient (Wildman–Crippen LogP) is 3.08. The summed E-state index contributed by atoms with van der Waals surface area (Å²) in [5.41, 5.74) is 2.99. The van der Waals surface area contributed by atoms with Crippen LogP contribution in [0.3, 0.4) is 0 Å². The molecule has 1 unspecified atom stereocenters. The molecule has 1 fully saturated rings. The van der Waals surface area contributed by atoms with Gasteiger partial charge in [-0.05, 0) is 61.9 Å². The maximum atomic E-state index is 13.1. The number of piperidine rings is 1. The summed E-state index contributed by atoms with van der Waals surface area (Å²) in [5, 5.41) is 3.34. The largest absolute Gasteiger partial charge is 0.427 e. The second-order valence-corrected chi connectivity index (χ2v) is 7.60. The molecular formula is C22H27ClN2O3. The molecule has 6 heteroatoms. The van der Waals surface area contributed by atoms with E-state index in [4.69, 9.17) is 4.42 Å². The van der Waals surface area contributed by atoms with Gasteiger partial charge in [0.2, 0.25) is 0 Å². The van der Waals surface area contributed by atoms with Crippen molar-refractivity contribution in [2.75, 3.05) is 26.2 Å². The molecule has 3 heterocycles. The number of carbonyl (C=O) groups is 1. The Hall–Kier alpha value is -2.11. The van der Waals surface area contributed by atoms with Gasteiger partial charge < -0.3 is 14.6 Å². The van der Waals surface area contributed by atoms with Crippen molar-refractivity contribution in [3.63, 3.8) is 0 Å². The Morgan fingerprint density at radius 1 is 1.18 bits per heavy atom. The number of hydrogen-bond acceptors (Lipinski definition) is 4. The number of aryl methyl sites for hydroxylation is 1. The lowest BCUT2D eigenvalue weighted by atomic mass is 9.95. The first-order valence-electron chi connectivity index (χ1n) is 9.85. The maximum Gasteiger partial charge on any atom is 0.349 e. The smallest absolute Gasteiger partial charge is 0.349 e. The van der Waals surface area contributed by atoms with E-state index in [2.05, 4.69) is 17.4 Å². The number of amides is 1. The Bertz CT molecular complexity index is 876. The van der Waals surface area contributed by atoms with Crippen molar-refractivity contribution in [3.05, 3.63) is 68.8 Å². The van der Waals surface area contributed by atoms with Crippen molar-refractivity contribution in [1.29, 1.82) is 0 Å². The van der Waals surface area contributed by atoms with Crippen LogP contribution in [0.4, 0.5) is 0 Å². The summed E-state index contributed by atoms with van der Waals surface area (Å²) in [4.78, 5) is 27.5. The van der Waals surface area contributed by atoms with Crippen LogP contribution in [0.1, 0.15) is 51.6 Å². The molecule has 4 rings (SSSR count). The fraction of sp³-hybridized carbons (Fsp3) is 0.455. The van der Waals surface area contributed by atoms with Crippen molar-refractivity contribution in [2.45, 2.75) is 38.5 Å². The molecule has 5 nitrogen and oxygen atoms in total. The molecular weight excluding hydrogens is 376 g/mol. The summed E-state index contributed by atoms with van der Waals surface area (Å²) >= 11 is 0. The van der Waals surface area contributed by atoms with Crippen molar-refractivity contribution in [3.8, 4) is 0 Å². The number of hydrogen-bond donors (Lipinski definition) is 1. The number of nitrogens with one attached hydrogen (secondary N) is 1. The lowest BCUT2D eigenvalue weighted by Gasteiger charge is -2.23. The van der Waals surface area contributed by atoms with E-state index in [1.165, 1.54) is 11.1 Å². The average molecular weight is 403 g/mol. The van der Waals surface area contributed by atoms with E-state index < -0.39 is 5.63 Å². The van der Waals surface area contributed by atoms with Crippen LogP contribution >= 0.6 is 12.4 Å². The van der Waals surface area contributed by atoms with Gasteiger partial charge in [0.15, 0.2) is 0 Å². The van der Waals surface area contributed by atoms with Crippen LogP contribution in [0.15, 0.2) is 39.5 Å². The molecule has 1 amide bonds. The van der Waals surface area contributed by atoms with Crippen LogP contribution in [-0.4, -0.2) is 37.0 Å². The third-order valence-corrected chi connectivity index (χ3v) is 5.79. The zero-order valence-electron chi connectivity index (χ0n) is 16.2. The zero-order valence-corrected chi connectivity index (χ0v) is 17.0.